The topological polar surface area (TPSA) is 59.3 Å². The largest absolute Gasteiger partial charge is 0.347 e. The van der Waals surface area contributed by atoms with Crippen molar-refractivity contribution in [3.63, 3.8) is 0 Å². The summed E-state index contributed by atoms with van der Waals surface area (Å²) in [7, 11) is 0. The van der Waals surface area contributed by atoms with Crippen LogP contribution in [0.25, 0.3) is 5.65 Å². The van der Waals surface area contributed by atoms with Crippen molar-refractivity contribution in [2.24, 2.45) is 0 Å². The molecule has 1 aliphatic carbocycles. The fourth-order valence-corrected chi connectivity index (χ4v) is 2.75. The van der Waals surface area contributed by atoms with Gasteiger partial charge in [-0.15, -0.1) is 0 Å². The number of nitrogens with zero attached hydrogens (tertiary/aromatic N) is 3. The maximum Gasteiger partial charge on any atom is 0.273 e. The Bertz CT molecular complexity index is 908. The van der Waals surface area contributed by atoms with E-state index in [0.717, 1.165) is 6.07 Å². The van der Waals surface area contributed by atoms with Crippen LogP contribution in [0.15, 0.2) is 43.0 Å². The highest BCUT2D eigenvalue weighted by Gasteiger charge is 2.41. The van der Waals surface area contributed by atoms with Crippen LogP contribution >= 0.6 is 0 Å². The summed E-state index contributed by atoms with van der Waals surface area (Å²) >= 11 is 0. The Kier molecular flexibility index (Phi) is 3.07. The van der Waals surface area contributed by atoms with Gasteiger partial charge in [-0.1, -0.05) is 6.07 Å². The number of hydrogen-bond acceptors (Lipinski definition) is 3. The fraction of sp³-hybridized carbons (Fsp3) is 0.188. The lowest BCUT2D eigenvalue weighted by Crippen LogP contribution is -2.28. The lowest BCUT2D eigenvalue weighted by molar-refractivity contribution is 0.0946. The van der Waals surface area contributed by atoms with Crippen molar-refractivity contribution in [3.8, 4) is 0 Å². The number of aromatic nitrogens is 3. The zero-order valence-electron chi connectivity index (χ0n) is 11.9. The van der Waals surface area contributed by atoms with Gasteiger partial charge in [-0.05, 0) is 18.1 Å². The van der Waals surface area contributed by atoms with Crippen LogP contribution in [0.2, 0.25) is 0 Å². The molecule has 5 nitrogen and oxygen atoms in total. The monoisotopic (exact) mass is 314 g/mol. The highest BCUT2D eigenvalue weighted by atomic mass is 19.1. The summed E-state index contributed by atoms with van der Waals surface area (Å²) in [6, 6.07) is 3.33. The van der Waals surface area contributed by atoms with Crippen LogP contribution in [0.3, 0.4) is 0 Å². The molecule has 23 heavy (non-hydrogen) atoms. The summed E-state index contributed by atoms with van der Waals surface area (Å²) in [5.41, 5.74) is 1.11. The van der Waals surface area contributed by atoms with Gasteiger partial charge in [-0.3, -0.25) is 4.79 Å². The number of amides is 1. The molecule has 0 saturated heterocycles. The van der Waals surface area contributed by atoms with Gasteiger partial charge in [-0.2, -0.15) is 0 Å². The van der Waals surface area contributed by atoms with E-state index < -0.39 is 11.6 Å². The zero-order chi connectivity index (χ0) is 16.0. The molecular formula is C16H12F2N4O. The Morgan fingerprint density at radius 3 is 2.78 bits per heavy atom. The fourth-order valence-electron chi connectivity index (χ4n) is 2.75. The molecule has 1 amide bonds. The van der Waals surface area contributed by atoms with Crippen molar-refractivity contribution in [2.75, 3.05) is 0 Å². The number of halogens is 2. The molecule has 1 fully saturated rings. The van der Waals surface area contributed by atoms with E-state index in [1.165, 1.54) is 18.3 Å². The molecule has 1 N–H and O–H groups in total. The molecule has 1 aliphatic rings. The van der Waals surface area contributed by atoms with Gasteiger partial charge in [0.2, 0.25) is 0 Å². The second-order valence-electron chi connectivity index (χ2n) is 5.52. The van der Waals surface area contributed by atoms with Gasteiger partial charge in [0.15, 0.2) is 11.3 Å². The highest BCUT2D eigenvalue weighted by molar-refractivity contribution is 5.98. The average molecular weight is 314 g/mol. The first-order valence-electron chi connectivity index (χ1n) is 7.17. The van der Waals surface area contributed by atoms with Crippen LogP contribution in [0.4, 0.5) is 8.78 Å². The van der Waals surface area contributed by atoms with Gasteiger partial charge < -0.3 is 9.72 Å². The first-order chi connectivity index (χ1) is 11.1. The lowest BCUT2D eigenvalue weighted by Gasteiger charge is -2.06. The van der Waals surface area contributed by atoms with E-state index in [9.17, 15) is 13.6 Å². The summed E-state index contributed by atoms with van der Waals surface area (Å²) in [6.07, 6.45) is 7.15. The normalized spacial score (nSPS) is 19.7. The third-order valence-corrected chi connectivity index (χ3v) is 4.00. The number of hydrogen-bond donors (Lipinski definition) is 1. The molecule has 0 bridgehead atoms. The number of carbonyl (C=O) groups excluding carboxylic acids is 1. The third kappa shape index (κ3) is 2.44. The maximum atomic E-state index is 13.8. The Morgan fingerprint density at radius 2 is 2.00 bits per heavy atom. The van der Waals surface area contributed by atoms with E-state index in [0.29, 0.717) is 17.6 Å². The van der Waals surface area contributed by atoms with E-state index in [4.69, 9.17) is 0 Å². The van der Waals surface area contributed by atoms with Gasteiger partial charge in [0.25, 0.3) is 5.91 Å². The van der Waals surface area contributed by atoms with Gasteiger partial charge >= 0.3 is 0 Å². The number of imidazole rings is 1. The van der Waals surface area contributed by atoms with E-state index in [2.05, 4.69) is 15.3 Å². The average Bonchev–Trinajstić information content (AvgIpc) is 3.09. The Morgan fingerprint density at radius 1 is 1.22 bits per heavy atom. The van der Waals surface area contributed by atoms with Crippen molar-refractivity contribution in [2.45, 2.75) is 18.4 Å². The molecule has 0 radical (unpaired) electrons. The molecule has 2 heterocycles. The molecular weight excluding hydrogens is 302 g/mol. The SMILES string of the molecule is O=C(NC1CC1c1ccc(F)cc1F)c1nccn2ccnc12. The Balaban J connectivity index is 1.51. The number of benzene rings is 1. The van der Waals surface area contributed by atoms with Crippen LogP contribution < -0.4 is 5.32 Å². The molecule has 0 aliphatic heterocycles. The highest BCUT2D eigenvalue weighted by Crippen LogP contribution is 2.42. The Hall–Kier alpha value is -2.83. The molecule has 1 saturated carbocycles. The van der Waals surface area contributed by atoms with Gasteiger partial charge in [0.05, 0.1) is 0 Å². The van der Waals surface area contributed by atoms with Crippen molar-refractivity contribution in [3.05, 3.63) is 65.9 Å². The molecule has 2 atom stereocenters. The summed E-state index contributed by atoms with van der Waals surface area (Å²) in [6.45, 7) is 0. The van der Waals surface area contributed by atoms with Gasteiger partial charge in [0, 0.05) is 42.8 Å². The predicted octanol–water partition coefficient (Wildman–Crippen LogP) is 2.29. The van der Waals surface area contributed by atoms with Crippen molar-refractivity contribution in [1.82, 2.24) is 19.7 Å². The van der Waals surface area contributed by atoms with Gasteiger partial charge in [-0.25, -0.2) is 18.7 Å². The summed E-state index contributed by atoms with van der Waals surface area (Å²) in [4.78, 5) is 20.5. The summed E-state index contributed by atoms with van der Waals surface area (Å²) < 4.78 is 28.4. The first-order valence-corrected chi connectivity index (χ1v) is 7.17. The molecule has 1 aromatic carbocycles. The van der Waals surface area contributed by atoms with Crippen molar-refractivity contribution < 1.29 is 13.6 Å². The molecule has 116 valence electrons. The summed E-state index contributed by atoms with van der Waals surface area (Å²) in [5.74, 6) is -1.68. The number of rotatable bonds is 3. The smallest absolute Gasteiger partial charge is 0.273 e. The van der Waals surface area contributed by atoms with E-state index in [1.807, 2.05) is 0 Å². The summed E-state index contributed by atoms with van der Waals surface area (Å²) in [5, 5.41) is 2.83. The number of fused-ring (bicyclic) bond motifs is 1. The van der Waals surface area contributed by atoms with E-state index >= 15 is 0 Å². The third-order valence-electron chi connectivity index (χ3n) is 4.00. The van der Waals surface area contributed by atoms with Crippen LogP contribution in [0, 0.1) is 11.6 Å². The Labute approximate surface area is 130 Å². The second-order valence-corrected chi connectivity index (χ2v) is 5.52. The van der Waals surface area contributed by atoms with Crippen LogP contribution in [-0.2, 0) is 0 Å². The standard InChI is InChI=1S/C16H12F2N4O/c17-9-1-2-10(12(18)7-9)11-8-13(11)21-16(23)14-15-20-4-6-22(15)5-3-19-14/h1-7,11,13H,8H2,(H,21,23). The molecule has 0 spiro atoms. The minimum absolute atomic E-state index is 0.140. The minimum atomic E-state index is -0.609. The molecule has 3 aromatic rings. The van der Waals surface area contributed by atoms with Crippen LogP contribution in [0.5, 0.6) is 0 Å². The molecule has 4 rings (SSSR count). The lowest BCUT2D eigenvalue weighted by atomic mass is 10.1. The molecule has 7 heteroatoms. The first kappa shape index (κ1) is 13.8. The number of nitrogens with one attached hydrogen (secondary N) is 1. The minimum Gasteiger partial charge on any atom is -0.347 e. The maximum absolute atomic E-state index is 13.8. The second kappa shape index (κ2) is 5.12. The quantitative estimate of drug-likeness (QED) is 0.807. The van der Waals surface area contributed by atoms with E-state index in [-0.39, 0.29) is 23.6 Å². The van der Waals surface area contributed by atoms with Gasteiger partial charge in [0.1, 0.15) is 11.6 Å². The molecule has 2 unspecified atom stereocenters. The van der Waals surface area contributed by atoms with E-state index in [1.54, 1.807) is 23.0 Å². The molecule has 2 aromatic heterocycles. The van der Waals surface area contributed by atoms with Crippen LogP contribution in [0.1, 0.15) is 28.4 Å². The number of carbonyl (C=O) groups is 1. The predicted molar refractivity (Wildman–Crippen MR) is 78.0 cm³/mol. The van der Waals surface area contributed by atoms with Crippen LogP contribution in [-0.4, -0.2) is 26.3 Å². The van der Waals surface area contributed by atoms with Crippen molar-refractivity contribution >= 4 is 11.6 Å². The van der Waals surface area contributed by atoms with Crippen molar-refractivity contribution in [1.29, 1.82) is 0 Å². The zero-order valence-corrected chi connectivity index (χ0v) is 11.9.